The van der Waals surface area contributed by atoms with Crippen LogP contribution in [0, 0.1) is 11.3 Å². The molecule has 0 radical (unpaired) electrons. The molecule has 1 saturated heterocycles. The zero-order valence-electron chi connectivity index (χ0n) is 9.29. The van der Waals surface area contributed by atoms with Crippen molar-refractivity contribution in [1.82, 2.24) is 0 Å². The van der Waals surface area contributed by atoms with E-state index in [9.17, 15) is 9.59 Å². The lowest BCUT2D eigenvalue weighted by molar-refractivity contribution is -0.177. The molecule has 1 aliphatic rings. The summed E-state index contributed by atoms with van der Waals surface area (Å²) in [7, 11) is 0. The molecule has 1 aliphatic heterocycles. The third kappa shape index (κ3) is 1.68. The molecule has 0 bridgehead atoms. The quantitative estimate of drug-likeness (QED) is 0.503. The fourth-order valence-electron chi connectivity index (χ4n) is 1.90. The van der Waals surface area contributed by atoms with Gasteiger partial charge in [0.1, 0.15) is 12.0 Å². The Morgan fingerprint density at radius 2 is 1.93 bits per heavy atom. The van der Waals surface area contributed by atoms with Crippen molar-refractivity contribution in [3.05, 3.63) is 0 Å². The molecule has 3 nitrogen and oxygen atoms in total. The van der Waals surface area contributed by atoms with Crippen LogP contribution in [0.2, 0.25) is 0 Å². The van der Waals surface area contributed by atoms with Gasteiger partial charge in [0.2, 0.25) is 0 Å². The van der Waals surface area contributed by atoms with Crippen LogP contribution in [-0.4, -0.2) is 17.9 Å². The number of hydrogen-bond acceptors (Lipinski definition) is 3. The molecule has 3 heteroatoms. The predicted molar refractivity (Wildman–Crippen MR) is 52.7 cm³/mol. The summed E-state index contributed by atoms with van der Waals surface area (Å²) in [5.41, 5.74) is -0.524. The first-order valence-electron chi connectivity index (χ1n) is 5.16. The van der Waals surface area contributed by atoms with Gasteiger partial charge in [0.25, 0.3) is 0 Å². The van der Waals surface area contributed by atoms with Crippen molar-refractivity contribution in [2.45, 2.75) is 46.6 Å². The van der Waals surface area contributed by atoms with E-state index in [1.165, 1.54) is 0 Å². The molecule has 0 aromatic rings. The Hall–Kier alpha value is -0.860. The largest absolute Gasteiger partial charge is 0.461 e. The maximum Gasteiger partial charge on any atom is 0.316 e. The van der Waals surface area contributed by atoms with Gasteiger partial charge in [-0.3, -0.25) is 9.59 Å². The molecular formula is C11H18O3. The van der Waals surface area contributed by atoms with Crippen molar-refractivity contribution in [1.29, 1.82) is 0 Å². The highest BCUT2D eigenvalue weighted by molar-refractivity contribution is 6.03. The van der Waals surface area contributed by atoms with Gasteiger partial charge in [0, 0.05) is 0 Å². The van der Waals surface area contributed by atoms with Gasteiger partial charge < -0.3 is 4.74 Å². The summed E-state index contributed by atoms with van der Waals surface area (Å²) in [5, 5.41) is 0. The topological polar surface area (TPSA) is 43.4 Å². The Labute approximate surface area is 84.8 Å². The van der Waals surface area contributed by atoms with Crippen LogP contribution < -0.4 is 0 Å². The summed E-state index contributed by atoms with van der Waals surface area (Å²) in [4.78, 5) is 23.2. The molecule has 2 atom stereocenters. The summed E-state index contributed by atoms with van der Waals surface area (Å²) in [5.74, 6) is -0.960. The van der Waals surface area contributed by atoms with Gasteiger partial charge in [-0.15, -0.1) is 0 Å². The van der Waals surface area contributed by atoms with E-state index < -0.39 is 11.3 Å². The first-order valence-corrected chi connectivity index (χ1v) is 5.16. The zero-order chi connectivity index (χ0) is 10.9. The molecule has 2 unspecified atom stereocenters. The predicted octanol–water partition coefficient (Wildman–Crippen LogP) is 1.94. The molecule has 80 valence electrons. The molecule has 0 amide bonds. The average molecular weight is 198 g/mol. The van der Waals surface area contributed by atoms with Gasteiger partial charge in [0.15, 0.2) is 5.78 Å². The van der Waals surface area contributed by atoms with Crippen LogP contribution >= 0.6 is 0 Å². The van der Waals surface area contributed by atoms with Crippen molar-refractivity contribution < 1.29 is 14.3 Å². The highest BCUT2D eigenvalue weighted by Crippen LogP contribution is 2.35. The van der Waals surface area contributed by atoms with Gasteiger partial charge in [-0.1, -0.05) is 13.3 Å². The number of hydrogen-bond donors (Lipinski definition) is 0. The number of carbonyl (C=O) groups excluding carboxylic acids is 2. The molecule has 1 rings (SSSR count). The lowest BCUT2D eigenvalue weighted by atomic mass is 9.74. The lowest BCUT2D eigenvalue weighted by Crippen LogP contribution is -2.50. The molecule has 14 heavy (non-hydrogen) atoms. The molecule has 0 aliphatic carbocycles. The first kappa shape index (κ1) is 11.2. The summed E-state index contributed by atoms with van der Waals surface area (Å²) in [6.45, 7) is 7.36. The monoisotopic (exact) mass is 198 g/mol. The van der Waals surface area contributed by atoms with Gasteiger partial charge in [-0.05, 0) is 27.2 Å². The zero-order valence-corrected chi connectivity index (χ0v) is 9.29. The number of ketones is 1. The number of cyclic esters (lactones) is 1. The smallest absolute Gasteiger partial charge is 0.316 e. The van der Waals surface area contributed by atoms with Crippen molar-refractivity contribution in [3.8, 4) is 0 Å². The van der Waals surface area contributed by atoms with Crippen LogP contribution in [0.4, 0.5) is 0 Å². The van der Waals surface area contributed by atoms with Crippen LogP contribution in [0.15, 0.2) is 0 Å². The fourth-order valence-corrected chi connectivity index (χ4v) is 1.90. The van der Waals surface area contributed by atoms with Gasteiger partial charge in [-0.25, -0.2) is 0 Å². The van der Waals surface area contributed by atoms with Crippen molar-refractivity contribution in [2.24, 2.45) is 11.3 Å². The van der Waals surface area contributed by atoms with E-state index in [1.54, 1.807) is 6.92 Å². The van der Waals surface area contributed by atoms with Crippen molar-refractivity contribution in [2.75, 3.05) is 0 Å². The standard InChI is InChI=1S/C11H18O3/c1-5-6-8-11(3,4)9(12)7(2)10(13)14-8/h7-8H,5-6H2,1-4H3. The Bertz CT molecular complexity index is 255. The van der Waals surface area contributed by atoms with E-state index in [0.717, 1.165) is 12.8 Å². The maximum absolute atomic E-state index is 11.8. The van der Waals surface area contributed by atoms with E-state index in [1.807, 2.05) is 20.8 Å². The highest BCUT2D eigenvalue weighted by Gasteiger charge is 2.47. The first-order chi connectivity index (χ1) is 6.41. The Morgan fingerprint density at radius 1 is 1.36 bits per heavy atom. The van der Waals surface area contributed by atoms with Gasteiger partial charge >= 0.3 is 5.97 Å². The Morgan fingerprint density at radius 3 is 2.43 bits per heavy atom. The molecule has 0 aromatic heterocycles. The Balaban J connectivity index is 2.89. The third-order valence-electron chi connectivity index (χ3n) is 3.00. The van der Waals surface area contributed by atoms with Crippen LogP contribution in [0.3, 0.4) is 0 Å². The summed E-state index contributed by atoms with van der Waals surface area (Å²) >= 11 is 0. The molecule has 0 N–H and O–H groups in total. The minimum absolute atomic E-state index is 0.00667. The average Bonchev–Trinajstić information content (AvgIpc) is 2.12. The highest BCUT2D eigenvalue weighted by atomic mass is 16.5. The van der Waals surface area contributed by atoms with Gasteiger partial charge in [0.05, 0.1) is 5.41 Å². The summed E-state index contributed by atoms with van der Waals surface area (Å²) in [6, 6.07) is 0. The third-order valence-corrected chi connectivity index (χ3v) is 3.00. The second-order valence-corrected chi connectivity index (χ2v) is 4.52. The van der Waals surface area contributed by atoms with E-state index >= 15 is 0 Å². The second kappa shape index (κ2) is 3.71. The fraction of sp³-hybridized carbons (Fsp3) is 0.818. The second-order valence-electron chi connectivity index (χ2n) is 4.52. The molecular weight excluding hydrogens is 180 g/mol. The van der Waals surface area contributed by atoms with Crippen LogP contribution in [0.25, 0.3) is 0 Å². The molecule has 1 fully saturated rings. The maximum atomic E-state index is 11.8. The van der Waals surface area contributed by atoms with E-state index in [-0.39, 0.29) is 17.9 Å². The minimum Gasteiger partial charge on any atom is -0.461 e. The Kier molecular flexibility index (Phi) is 2.98. The van der Waals surface area contributed by atoms with Gasteiger partial charge in [-0.2, -0.15) is 0 Å². The van der Waals surface area contributed by atoms with Crippen molar-refractivity contribution >= 4 is 11.8 Å². The number of esters is 1. The van der Waals surface area contributed by atoms with E-state index in [0.29, 0.717) is 0 Å². The van der Waals surface area contributed by atoms with Crippen LogP contribution in [0.1, 0.15) is 40.5 Å². The lowest BCUT2D eigenvalue weighted by Gasteiger charge is -2.38. The SMILES string of the molecule is CCCC1OC(=O)C(C)C(=O)C1(C)C. The van der Waals surface area contributed by atoms with Crippen molar-refractivity contribution in [3.63, 3.8) is 0 Å². The minimum atomic E-state index is -0.599. The molecule has 0 spiro atoms. The van der Waals surface area contributed by atoms with Crippen LogP contribution in [0.5, 0.6) is 0 Å². The van der Waals surface area contributed by atoms with E-state index in [4.69, 9.17) is 4.74 Å². The van der Waals surface area contributed by atoms with E-state index in [2.05, 4.69) is 0 Å². The molecule has 0 saturated carbocycles. The number of rotatable bonds is 2. The number of carbonyl (C=O) groups is 2. The molecule has 0 aromatic carbocycles. The summed E-state index contributed by atoms with van der Waals surface area (Å²) in [6.07, 6.45) is 1.43. The normalized spacial score (nSPS) is 31.4. The van der Waals surface area contributed by atoms with Crippen LogP contribution in [-0.2, 0) is 14.3 Å². The number of Topliss-reactive ketones (excluding diaryl/α,β-unsaturated/α-hetero) is 1. The summed E-state index contributed by atoms with van der Waals surface area (Å²) < 4.78 is 5.26. The number of ether oxygens (including phenoxy) is 1. The molecule has 1 heterocycles.